The van der Waals surface area contributed by atoms with Crippen LogP contribution < -0.4 is 0 Å². The van der Waals surface area contributed by atoms with Gasteiger partial charge in [-0.2, -0.15) is 0 Å². The predicted molar refractivity (Wildman–Crippen MR) is 75.6 cm³/mol. The number of benzene rings is 2. The lowest BCUT2D eigenvalue weighted by Crippen LogP contribution is -2.11. The van der Waals surface area contributed by atoms with E-state index in [1.165, 1.54) is 26.4 Å². The van der Waals surface area contributed by atoms with E-state index in [1.54, 1.807) is 12.1 Å². The zero-order chi connectivity index (χ0) is 14.8. The van der Waals surface area contributed by atoms with Crippen LogP contribution in [-0.2, 0) is 9.47 Å². The van der Waals surface area contributed by atoms with Crippen molar-refractivity contribution in [1.82, 2.24) is 0 Å². The molecule has 0 radical (unpaired) electrons. The van der Waals surface area contributed by atoms with Gasteiger partial charge in [0.25, 0.3) is 0 Å². The number of rotatable bonds is 2. The van der Waals surface area contributed by atoms with Gasteiger partial charge >= 0.3 is 11.9 Å². The Hall–Kier alpha value is -2.62. The number of ether oxygens (including phenoxy) is 2. The van der Waals surface area contributed by atoms with Crippen molar-refractivity contribution < 1.29 is 19.1 Å². The summed E-state index contributed by atoms with van der Waals surface area (Å²) < 4.78 is 9.05. The largest absolute Gasteiger partial charge is 0.465 e. The van der Waals surface area contributed by atoms with E-state index < -0.39 is 11.9 Å². The summed E-state index contributed by atoms with van der Waals surface area (Å²) in [7, 11) is 2.52. The molecule has 0 atom stereocenters. The first-order chi connectivity index (χ1) is 9.70. The van der Waals surface area contributed by atoms with E-state index >= 15 is 0 Å². The van der Waals surface area contributed by atoms with Crippen LogP contribution in [0.15, 0.2) is 60.7 Å². The molecular formula is C16H16O4. The molecule has 0 aliphatic rings. The highest BCUT2D eigenvalue weighted by atomic mass is 16.5. The molecule has 0 amide bonds. The summed E-state index contributed by atoms with van der Waals surface area (Å²) in [5.74, 6) is -1.10. The zero-order valence-corrected chi connectivity index (χ0v) is 11.4. The molecule has 0 saturated carbocycles. The third kappa shape index (κ3) is 4.57. The fraction of sp³-hybridized carbons (Fsp3) is 0.125. The van der Waals surface area contributed by atoms with Crippen molar-refractivity contribution in [2.45, 2.75) is 0 Å². The number of hydrogen-bond donors (Lipinski definition) is 0. The van der Waals surface area contributed by atoms with Crippen molar-refractivity contribution in [3.8, 4) is 0 Å². The summed E-state index contributed by atoms with van der Waals surface area (Å²) in [4.78, 5) is 22.4. The highest BCUT2D eigenvalue weighted by Gasteiger charge is 2.16. The minimum atomic E-state index is -0.550. The fourth-order valence-corrected chi connectivity index (χ4v) is 1.44. The standard InChI is InChI=1S/C10H10O4.C6H6/c1-13-9(11)7-5-3-4-6-8(7)10(12)14-2;1-2-4-6-5-3-1/h3-6H,1-2H3;1-6H. The van der Waals surface area contributed by atoms with Crippen LogP contribution in [0.5, 0.6) is 0 Å². The maximum absolute atomic E-state index is 11.2. The van der Waals surface area contributed by atoms with Gasteiger partial charge in [0.1, 0.15) is 0 Å². The van der Waals surface area contributed by atoms with Gasteiger partial charge < -0.3 is 9.47 Å². The molecule has 0 fully saturated rings. The van der Waals surface area contributed by atoms with E-state index in [9.17, 15) is 9.59 Å². The maximum atomic E-state index is 11.2. The number of esters is 2. The van der Waals surface area contributed by atoms with Gasteiger partial charge in [-0.05, 0) is 12.1 Å². The van der Waals surface area contributed by atoms with Crippen LogP contribution in [0.25, 0.3) is 0 Å². The molecule has 0 aliphatic heterocycles. The van der Waals surface area contributed by atoms with Crippen LogP contribution in [0.2, 0.25) is 0 Å². The van der Waals surface area contributed by atoms with E-state index in [2.05, 4.69) is 9.47 Å². The molecule has 0 bridgehead atoms. The van der Waals surface area contributed by atoms with Crippen molar-refractivity contribution in [3.05, 3.63) is 71.8 Å². The Morgan fingerprint density at radius 2 is 0.950 bits per heavy atom. The molecule has 2 aromatic carbocycles. The van der Waals surface area contributed by atoms with Gasteiger partial charge in [0.05, 0.1) is 25.3 Å². The third-order valence-electron chi connectivity index (χ3n) is 2.40. The second-order valence-corrected chi connectivity index (χ2v) is 3.68. The molecule has 0 heterocycles. The molecule has 0 unspecified atom stereocenters. The molecule has 4 nitrogen and oxygen atoms in total. The SMILES string of the molecule is COC(=O)c1ccccc1C(=O)OC.c1ccccc1. The van der Waals surface area contributed by atoms with Gasteiger partial charge in [0.15, 0.2) is 0 Å². The molecule has 0 aromatic heterocycles. The van der Waals surface area contributed by atoms with Crippen molar-refractivity contribution in [3.63, 3.8) is 0 Å². The first-order valence-corrected chi connectivity index (χ1v) is 5.96. The summed E-state index contributed by atoms with van der Waals surface area (Å²) in [6, 6.07) is 18.3. The van der Waals surface area contributed by atoms with Gasteiger partial charge in [-0.25, -0.2) is 9.59 Å². The molecule has 0 aliphatic carbocycles. The molecule has 2 rings (SSSR count). The highest BCUT2D eigenvalue weighted by molar-refractivity contribution is 6.02. The topological polar surface area (TPSA) is 52.6 Å². The zero-order valence-electron chi connectivity index (χ0n) is 11.4. The molecule has 0 saturated heterocycles. The molecule has 0 spiro atoms. The summed E-state index contributed by atoms with van der Waals surface area (Å²) >= 11 is 0. The van der Waals surface area contributed by atoms with Crippen LogP contribution in [-0.4, -0.2) is 26.2 Å². The van der Waals surface area contributed by atoms with Crippen LogP contribution in [0.3, 0.4) is 0 Å². The van der Waals surface area contributed by atoms with Crippen LogP contribution >= 0.6 is 0 Å². The summed E-state index contributed by atoms with van der Waals surface area (Å²) in [5.41, 5.74) is 0.420. The monoisotopic (exact) mass is 272 g/mol. The van der Waals surface area contributed by atoms with Gasteiger partial charge in [-0.15, -0.1) is 0 Å². The molecule has 0 N–H and O–H groups in total. The van der Waals surface area contributed by atoms with Crippen LogP contribution in [0.4, 0.5) is 0 Å². The van der Waals surface area contributed by atoms with Crippen molar-refractivity contribution in [1.29, 1.82) is 0 Å². The number of hydrogen-bond acceptors (Lipinski definition) is 4. The van der Waals surface area contributed by atoms with E-state index in [-0.39, 0.29) is 11.1 Å². The Labute approximate surface area is 118 Å². The van der Waals surface area contributed by atoms with E-state index in [4.69, 9.17) is 0 Å². The Bertz CT molecular complexity index is 488. The van der Waals surface area contributed by atoms with Gasteiger partial charge in [0.2, 0.25) is 0 Å². The molecular weight excluding hydrogens is 256 g/mol. The van der Waals surface area contributed by atoms with Crippen molar-refractivity contribution in [2.24, 2.45) is 0 Å². The molecule has 4 heteroatoms. The van der Waals surface area contributed by atoms with E-state index in [0.717, 1.165) is 0 Å². The Morgan fingerprint density at radius 1 is 0.650 bits per heavy atom. The normalized spacial score (nSPS) is 8.90. The predicted octanol–water partition coefficient (Wildman–Crippen LogP) is 2.95. The number of methoxy groups -OCH3 is 2. The van der Waals surface area contributed by atoms with Gasteiger partial charge in [-0.1, -0.05) is 48.5 Å². The van der Waals surface area contributed by atoms with Gasteiger partial charge in [0, 0.05) is 0 Å². The lowest BCUT2D eigenvalue weighted by atomic mass is 10.1. The quantitative estimate of drug-likeness (QED) is 0.789. The lowest BCUT2D eigenvalue weighted by molar-refractivity contribution is 0.0555. The Kier molecular flexibility index (Phi) is 6.54. The number of carbonyl (C=O) groups is 2. The Balaban J connectivity index is 0.000000276. The maximum Gasteiger partial charge on any atom is 0.338 e. The average molecular weight is 272 g/mol. The van der Waals surface area contributed by atoms with E-state index in [0.29, 0.717) is 0 Å². The summed E-state index contributed by atoms with van der Waals surface area (Å²) in [6.07, 6.45) is 0. The average Bonchev–Trinajstić information content (AvgIpc) is 2.55. The van der Waals surface area contributed by atoms with Crippen molar-refractivity contribution in [2.75, 3.05) is 14.2 Å². The summed E-state index contributed by atoms with van der Waals surface area (Å²) in [6.45, 7) is 0. The second-order valence-electron chi connectivity index (χ2n) is 3.68. The van der Waals surface area contributed by atoms with E-state index in [1.807, 2.05) is 36.4 Å². The van der Waals surface area contributed by atoms with Gasteiger partial charge in [-0.3, -0.25) is 0 Å². The minimum absolute atomic E-state index is 0.210. The first-order valence-electron chi connectivity index (χ1n) is 5.96. The lowest BCUT2D eigenvalue weighted by Gasteiger charge is -2.04. The smallest absolute Gasteiger partial charge is 0.338 e. The fourth-order valence-electron chi connectivity index (χ4n) is 1.44. The number of carbonyl (C=O) groups excluding carboxylic acids is 2. The Morgan fingerprint density at radius 3 is 1.20 bits per heavy atom. The minimum Gasteiger partial charge on any atom is -0.465 e. The van der Waals surface area contributed by atoms with Crippen LogP contribution in [0.1, 0.15) is 20.7 Å². The molecule has 2 aromatic rings. The summed E-state index contributed by atoms with van der Waals surface area (Å²) in [5, 5.41) is 0. The van der Waals surface area contributed by atoms with Crippen LogP contribution in [0, 0.1) is 0 Å². The van der Waals surface area contributed by atoms with Crippen molar-refractivity contribution >= 4 is 11.9 Å². The third-order valence-corrected chi connectivity index (χ3v) is 2.40. The second kappa shape index (κ2) is 8.48. The first kappa shape index (κ1) is 15.4. The highest BCUT2D eigenvalue weighted by Crippen LogP contribution is 2.10. The molecule has 104 valence electrons. The molecule has 20 heavy (non-hydrogen) atoms.